The van der Waals surface area contributed by atoms with E-state index < -0.39 is 0 Å². The summed E-state index contributed by atoms with van der Waals surface area (Å²) in [5, 5.41) is 0. The van der Waals surface area contributed by atoms with Crippen LogP contribution in [-0.2, 0) is 20.9 Å². The van der Waals surface area contributed by atoms with Crippen LogP contribution in [0.15, 0.2) is 41.5 Å². The normalized spacial score (nSPS) is 24.8. The van der Waals surface area contributed by atoms with Crippen molar-refractivity contribution < 1.29 is 14.3 Å². The van der Waals surface area contributed by atoms with Gasteiger partial charge in [0.05, 0.1) is 13.2 Å². The van der Waals surface area contributed by atoms with Gasteiger partial charge in [-0.25, -0.2) is 0 Å². The highest BCUT2D eigenvalue weighted by Crippen LogP contribution is 2.48. The van der Waals surface area contributed by atoms with Crippen molar-refractivity contribution in [3.63, 3.8) is 0 Å². The molecule has 1 aromatic rings. The minimum atomic E-state index is -0.372. The second kappa shape index (κ2) is 6.17. The molecule has 0 amide bonds. The summed E-state index contributed by atoms with van der Waals surface area (Å²) >= 11 is 0. The van der Waals surface area contributed by atoms with Crippen LogP contribution in [0.1, 0.15) is 44.6 Å². The van der Waals surface area contributed by atoms with Crippen LogP contribution in [0.25, 0.3) is 0 Å². The smallest absolute Gasteiger partial charge is 0.158 e. The van der Waals surface area contributed by atoms with Crippen molar-refractivity contribution in [3.8, 4) is 0 Å². The predicted octanol–water partition coefficient (Wildman–Crippen LogP) is 3.62. The standard InChI is InChI=1S/C19H22O3/c1-19-11-9-17(20)15(16(19)7-8-18(19)21)10-12-22-13-14-5-3-2-4-6-14/h2-6H,7-13H2,1H3/t19-/m0/s1. The molecule has 3 rings (SSSR count). The van der Waals surface area contributed by atoms with Crippen molar-refractivity contribution >= 4 is 11.6 Å². The van der Waals surface area contributed by atoms with Crippen molar-refractivity contribution in [3.05, 3.63) is 47.0 Å². The maximum Gasteiger partial charge on any atom is 0.158 e. The number of rotatable bonds is 5. The fraction of sp³-hybridized carbons (Fsp3) is 0.474. The molecule has 3 heteroatoms. The van der Waals surface area contributed by atoms with Gasteiger partial charge >= 0.3 is 0 Å². The van der Waals surface area contributed by atoms with Crippen LogP contribution in [0.3, 0.4) is 0 Å². The summed E-state index contributed by atoms with van der Waals surface area (Å²) in [4.78, 5) is 24.3. The highest BCUT2D eigenvalue weighted by Gasteiger charge is 2.46. The van der Waals surface area contributed by atoms with E-state index in [-0.39, 0.29) is 11.2 Å². The van der Waals surface area contributed by atoms with Crippen molar-refractivity contribution in [2.45, 2.75) is 45.6 Å². The molecule has 2 aliphatic rings. The van der Waals surface area contributed by atoms with Gasteiger partial charge in [0.2, 0.25) is 0 Å². The number of fused-ring (bicyclic) bond motifs is 1. The quantitative estimate of drug-likeness (QED) is 0.780. The van der Waals surface area contributed by atoms with Crippen molar-refractivity contribution in [1.82, 2.24) is 0 Å². The third kappa shape index (κ3) is 2.78. The van der Waals surface area contributed by atoms with E-state index in [1.54, 1.807) is 0 Å². The lowest BCUT2D eigenvalue weighted by Crippen LogP contribution is -2.30. The Balaban J connectivity index is 1.63. The Labute approximate surface area is 131 Å². The third-order valence-corrected chi connectivity index (χ3v) is 5.04. The van der Waals surface area contributed by atoms with Crippen molar-refractivity contribution in [2.24, 2.45) is 5.41 Å². The van der Waals surface area contributed by atoms with E-state index in [9.17, 15) is 9.59 Å². The highest BCUT2D eigenvalue weighted by molar-refractivity contribution is 6.02. The fourth-order valence-corrected chi connectivity index (χ4v) is 3.64. The average molecular weight is 298 g/mol. The van der Waals surface area contributed by atoms with E-state index in [1.165, 1.54) is 0 Å². The average Bonchev–Trinajstić information content (AvgIpc) is 2.83. The van der Waals surface area contributed by atoms with E-state index in [0.29, 0.717) is 44.7 Å². The monoisotopic (exact) mass is 298 g/mol. The first-order valence-electron chi connectivity index (χ1n) is 8.02. The number of hydrogen-bond acceptors (Lipinski definition) is 3. The summed E-state index contributed by atoms with van der Waals surface area (Å²) in [7, 11) is 0. The lowest BCUT2D eigenvalue weighted by molar-refractivity contribution is -0.125. The minimum absolute atomic E-state index is 0.213. The predicted molar refractivity (Wildman–Crippen MR) is 84.3 cm³/mol. The SMILES string of the molecule is C[C@]12CCC(=O)C(CCOCc3ccccc3)=C1CCC2=O. The van der Waals surface area contributed by atoms with Crippen LogP contribution in [-0.4, -0.2) is 18.2 Å². The van der Waals surface area contributed by atoms with Crippen LogP contribution < -0.4 is 0 Å². The summed E-state index contributed by atoms with van der Waals surface area (Å²) in [6.45, 7) is 3.10. The zero-order valence-corrected chi connectivity index (χ0v) is 13.1. The number of hydrogen-bond donors (Lipinski definition) is 0. The Bertz CT molecular complexity index is 615. The zero-order chi connectivity index (χ0) is 15.6. The number of carbonyl (C=O) groups excluding carboxylic acids is 2. The Morgan fingerprint density at radius 1 is 1.09 bits per heavy atom. The summed E-state index contributed by atoms with van der Waals surface area (Å²) in [5.41, 5.74) is 2.73. The largest absolute Gasteiger partial charge is 0.376 e. The molecule has 1 fully saturated rings. The van der Waals surface area contributed by atoms with Crippen LogP contribution in [0.4, 0.5) is 0 Å². The van der Waals surface area contributed by atoms with E-state index in [0.717, 1.165) is 23.1 Å². The van der Waals surface area contributed by atoms with Crippen LogP contribution >= 0.6 is 0 Å². The van der Waals surface area contributed by atoms with Gasteiger partial charge in [-0.15, -0.1) is 0 Å². The number of allylic oxidation sites excluding steroid dienone is 1. The lowest BCUT2D eigenvalue weighted by atomic mass is 9.71. The molecule has 22 heavy (non-hydrogen) atoms. The first-order valence-corrected chi connectivity index (χ1v) is 8.02. The minimum Gasteiger partial charge on any atom is -0.376 e. The van der Waals surface area contributed by atoms with Gasteiger partial charge in [0, 0.05) is 18.3 Å². The zero-order valence-electron chi connectivity index (χ0n) is 13.1. The first kappa shape index (κ1) is 15.2. The second-order valence-corrected chi connectivity index (χ2v) is 6.42. The molecule has 3 nitrogen and oxygen atoms in total. The van der Waals surface area contributed by atoms with Crippen LogP contribution in [0.5, 0.6) is 0 Å². The van der Waals surface area contributed by atoms with E-state index >= 15 is 0 Å². The molecule has 0 N–H and O–H groups in total. The molecule has 0 aliphatic heterocycles. The molecule has 1 saturated carbocycles. The Hall–Kier alpha value is -1.74. The topological polar surface area (TPSA) is 43.4 Å². The third-order valence-electron chi connectivity index (χ3n) is 5.04. The first-order chi connectivity index (χ1) is 10.6. The van der Waals surface area contributed by atoms with Gasteiger partial charge in [0.15, 0.2) is 5.78 Å². The van der Waals surface area contributed by atoms with Gasteiger partial charge in [0.1, 0.15) is 5.78 Å². The molecule has 1 aromatic carbocycles. The summed E-state index contributed by atoms with van der Waals surface area (Å²) < 4.78 is 5.71. The molecule has 0 bridgehead atoms. The number of benzene rings is 1. The highest BCUT2D eigenvalue weighted by atomic mass is 16.5. The summed E-state index contributed by atoms with van der Waals surface area (Å²) in [6.07, 6.45) is 3.17. The fourth-order valence-electron chi connectivity index (χ4n) is 3.64. The molecule has 0 radical (unpaired) electrons. The molecular weight excluding hydrogens is 276 g/mol. The molecule has 0 heterocycles. The number of ketones is 2. The molecule has 0 saturated heterocycles. The van der Waals surface area contributed by atoms with Gasteiger partial charge in [-0.1, -0.05) is 30.3 Å². The van der Waals surface area contributed by atoms with Crippen LogP contribution in [0, 0.1) is 5.41 Å². The Morgan fingerprint density at radius 3 is 2.64 bits per heavy atom. The van der Waals surface area contributed by atoms with Gasteiger partial charge in [-0.05, 0) is 42.9 Å². The molecular formula is C19H22O3. The van der Waals surface area contributed by atoms with Crippen molar-refractivity contribution in [2.75, 3.05) is 6.61 Å². The van der Waals surface area contributed by atoms with E-state index in [4.69, 9.17) is 4.74 Å². The molecule has 0 aromatic heterocycles. The van der Waals surface area contributed by atoms with Gasteiger partial charge in [0.25, 0.3) is 0 Å². The molecule has 0 spiro atoms. The maximum atomic E-state index is 12.2. The number of Topliss-reactive ketones (excluding diaryl/α,β-unsaturated/α-hetero) is 2. The summed E-state index contributed by atoms with van der Waals surface area (Å²) in [5.74, 6) is 0.517. The number of carbonyl (C=O) groups is 2. The number of ether oxygens (including phenoxy) is 1. The molecule has 2 aliphatic carbocycles. The molecule has 116 valence electrons. The van der Waals surface area contributed by atoms with E-state index in [1.807, 2.05) is 37.3 Å². The lowest BCUT2D eigenvalue weighted by Gasteiger charge is -2.31. The van der Waals surface area contributed by atoms with Gasteiger partial charge in [-0.2, -0.15) is 0 Å². The maximum absolute atomic E-state index is 12.2. The second-order valence-electron chi connectivity index (χ2n) is 6.42. The Morgan fingerprint density at radius 2 is 1.86 bits per heavy atom. The van der Waals surface area contributed by atoms with Crippen LogP contribution in [0.2, 0.25) is 0 Å². The Kier molecular flexibility index (Phi) is 4.25. The van der Waals surface area contributed by atoms with E-state index in [2.05, 4.69) is 0 Å². The van der Waals surface area contributed by atoms with Gasteiger partial charge in [-0.3, -0.25) is 9.59 Å². The van der Waals surface area contributed by atoms with Crippen molar-refractivity contribution in [1.29, 1.82) is 0 Å². The molecule has 0 unspecified atom stereocenters. The summed E-state index contributed by atoms with van der Waals surface area (Å²) in [6, 6.07) is 10.0. The molecule has 1 atom stereocenters. The van der Waals surface area contributed by atoms with Gasteiger partial charge < -0.3 is 4.74 Å².